The van der Waals surface area contributed by atoms with Crippen LogP contribution in [-0.4, -0.2) is 0 Å². The van der Waals surface area contributed by atoms with Crippen molar-refractivity contribution >= 4 is 92.4 Å². The van der Waals surface area contributed by atoms with Gasteiger partial charge in [-0.1, -0.05) is 205 Å². The molecule has 0 aromatic heterocycles. The molecule has 0 aliphatic rings. The smallest absolute Gasteiger partial charge is 0.0820 e. The summed E-state index contributed by atoms with van der Waals surface area (Å²) in [6, 6.07) is 65.3. The molecule has 0 spiro atoms. The van der Waals surface area contributed by atoms with Gasteiger partial charge in [0.15, 0.2) is 0 Å². The van der Waals surface area contributed by atoms with Crippen molar-refractivity contribution < 1.29 is 19.5 Å². The van der Waals surface area contributed by atoms with E-state index in [4.69, 9.17) is 23.2 Å². The van der Waals surface area contributed by atoms with E-state index in [2.05, 4.69) is 182 Å². The summed E-state index contributed by atoms with van der Waals surface area (Å²) in [5.74, 6) is 0. The Morgan fingerprint density at radius 3 is 1.24 bits per heavy atom. The molecule has 0 radical (unpaired) electrons. The normalized spacial score (nSPS) is 11.3. The first-order valence-electron chi connectivity index (χ1n) is 15.9. The van der Waals surface area contributed by atoms with Gasteiger partial charge in [-0.05, 0) is 64.1 Å². The Morgan fingerprint density at radius 2 is 0.735 bits per heavy atom. The summed E-state index contributed by atoms with van der Waals surface area (Å²) >= 11 is 14.9. The van der Waals surface area contributed by atoms with Crippen molar-refractivity contribution in [1.29, 1.82) is 0 Å². The third-order valence-electron chi connectivity index (χ3n) is 8.75. The predicted molar refractivity (Wildman–Crippen MR) is 214 cm³/mol. The van der Waals surface area contributed by atoms with E-state index in [1.807, 2.05) is 0 Å². The molecule has 0 amide bonds. The third-order valence-corrected chi connectivity index (χ3v) is 14.8. The van der Waals surface area contributed by atoms with Gasteiger partial charge < -0.3 is 0 Å². The van der Waals surface area contributed by atoms with Gasteiger partial charge >= 0.3 is 19.5 Å². The average Bonchev–Trinajstić information content (AvgIpc) is 3.16. The van der Waals surface area contributed by atoms with Crippen molar-refractivity contribution in [2.24, 2.45) is 0 Å². The second kappa shape index (κ2) is 15.1. The van der Waals surface area contributed by atoms with E-state index < -0.39 is 15.8 Å². The maximum atomic E-state index is 7.63. The van der Waals surface area contributed by atoms with Crippen molar-refractivity contribution in [1.82, 2.24) is 0 Å². The first kappa shape index (κ1) is 33.8. The molecule has 0 atom stereocenters. The van der Waals surface area contributed by atoms with E-state index in [0.29, 0.717) is 10.0 Å². The molecular formula is C44H30Cl2P2Ru+2. The van der Waals surface area contributed by atoms with Crippen molar-refractivity contribution in [2.75, 3.05) is 0 Å². The van der Waals surface area contributed by atoms with Gasteiger partial charge in [-0.15, -0.1) is 0 Å². The Labute approximate surface area is 313 Å². The second-order valence-electron chi connectivity index (χ2n) is 11.6. The van der Waals surface area contributed by atoms with Gasteiger partial charge in [0, 0.05) is 16.3 Å². The first-order valence-corrected chi connectivity index (χ1v) is 19.4. The second-order valence-corrected chi connectivity index (χ2v) is 16.7. The van der Waals surface area contributed by atoms with Crippen LogP contribution in [0.2, 0.25) is 10.0 Å². The zero-order valence-electron chi connectivity index (χ0n) is 26.3. The van der Waals surface area contributed by atoms with E-state index in [9.17, 15) is 0 Å². The standard InChI is InChI=1S/C44H30Cl2P2.Ru/c45-42-38-28-16-15-27-37(38)41(44(43(42)46)48(34-22-9-3-10-23-34)35-24-11-4-12-25-35)40-36-26-14-13-17-31(36)29-30-39(40)47(32-18-5-1-6-19-32)33-20-7-2-8-21-33;/h1-30H;/q;+2. The van der Waals surface area contributed by atoms with E-state index in [0.717, 1.165) is 21.6 Å². The van der Waals surface area contributed by atoms with Crippen molar-refractivity contribution in [3.8, 4) is 11.1 Å². The fraction of sp³-hybridized carbons (Fsp3) is 0. The topological polar surface area (TPSA) is 0 Å². The zero-order chi connectivity index (χ0) is 32.5. The molecule has 0 N–H and O–H groups in total. The summed E-state index contributed by atoms with van der Waals surface area (Å²) in [4.78, 5) is 0. The van der Waals surface area contributed by atoms with Crippen LogP contribution in [-0.2, 0) is 19.5 Å². The number of fused-ring (bicyclic) bond motifs is 2. The number of hydrogen-bond donors (Lipinski definition) is 0. The Morgan fingerprint density at radius 1 is 0.327 bits per heavy atom. The summed E-state index contributed by atoms with van der Waals surface area (Å²) < 4.78 is 0. The van der Waals surface area contributed by atoms with Crippen LogP contribution in [0.1, 0.15) is 0 Å². The summed E-state index contributed by atoms with van der Waals surface area (Å²) in [5.41, 5.74) is 2.38. The molecule has 5 heteroatoms. The van der Waals surface area contributed by atoms with Crippen LogP contribution in [0.15, 0.2) is 182 Å². The van der Waals surface area contributed by atoms with Gasteiger partial charge in [-0.3, -0.25) is 0 Å². The molecule has 49 heavy (non-hydrogen) atoms. The molecule has 0 unspecified atom stereocenters. The Bertz CT molecular complexity index is 2290. The van der Waals surface area contributed by atoms with Crippen LogP contribution in [0.3, 0.4) is 0 Å². The largest absolute Gasteiger partial charge is 2.00 e. The summed E-state index contributed by atoms with van der Waals surface area (Å²) in [6.45, 7) is 0. The van der Waals surface area contributed by atoms with E-state index in [1.165, 1.54) is 42.9 Å². The molecule has 0 aliphatic carbocycles. The van der Waals surface area contributed by atoms with Gasteiger partial charge in [0.1, 0.15) is 0 Å². The van der Waals surface area contributed by atoms with Crippen LogP contribution in [0.5, 0.6) is 0 Å². The minimum atomic E-state index is -1.11. The van der Waals surface area contributed by atoms with Crippen molar-refractivity contribution in [3.63, 3.8) is 0 Å². The molecule has 8 aromatic carbocycles. The third kappa shape index (κ3) is 6.41. The maximum absolute atomic E-state index is 7.63. The minimum absolute atomic E-state index is 0. The molecule has 0 saturated heterocycles. The monoisotopic (exact) mass is 792 g/mol. The summed E-state index contributed by atoms with van der Waals surface area (Å²) in [5, 5.41) is 13.1. The SMILES string of the molecule is Clc1c(P(c2ccccc2)c2ccccc2)c(-c2c(P(c3ccccc3)c3ccccc3)ccc3ccccc23)c2ccccc2c1Cl.[Ru+2]. The maximum Gasteiger partial charge on any atom is 2.00 e. The van der Waals surface area contributed by atoms with Crippen LogP contribution >= 0.6 is 39.0 Å². The van der Waals surface area contributed by atoms with Gasteiger partial charge in [0.25, 0.3) is 0 Å². The van der Waals surface area contributed by atoms with Crippen LogP contribution in [0, 0.1) is 0 Å². The minimum Gasteiger partial charge on any atom is -0.0820 e. The number of rotatable bonds is 7. The molecule has 8 aromatic rings. The number of benzene rings is 8. The molecule has 0 nitrogen and oxygen atoms in total. The first-order chi connectivity index (χ1) is 23.7. The van der Waals surface area contributed by atoms with Gasteiger partial charge in [0.05, 0.1) is 10.0 Å². The molecule has 0 aliphatic heterocycles. The number of halogens is 2. The summed E-state index contributed by atoms with van der Waals surface area (Å²) in [7, 11) is -2.05. The molecule has 0 saturated carbocycles. The quantitative estimate of drug-likeness (QED) is 0.111. The molecule has 0 bridgehead atoms. The van der Waals surface area contributed by atoms with Gasteiger partial charge in [-0.2, -0.15) is 0 Å². The van der Waals surface area contributed by atoms with E-state index >= 15 is 0 Å². The zero-order valence-corrected chi connectivity index (χ0v) is 31.4. The molecule has 236 valence electrons. The molecular weight excluding hydrogens is 762 g/mol. The Kier molecular flexibility index (Phi) is 10.4. The average molecular weight is 793 g/mol. The van der Waals surface area contributed by atoms with Crippen LogP contribution in [0.4, 0.5) is 0 Å². The molecule has 0 fully saturated rings. The van der Waals surface area contributed by atoms with Gasteiger partial charge in [0.2, 0.25) is 0 Å². The summed E-state index contributed by atoms with van der Waals surface area (Å²) in [6.07, 6.45) is 0. The van der Waals surface area contributed by atoms with Crippen molar-refractivity contribution in [2.45, 2.75) is 0 Å². The number of hydrogen-bond acceptors (Lipinski definition) is 0. The predicted octanol–water partition coefficient (Wildman–Crippen LogP) is 10.5. The molecule has 0 heterocycles. The fourth-order valence-corrected chi connectivity index (χ4v) is 12.4. The van der Waals surface area contributed by atoms with E-state index in [1.54, 1.807) is 0 Å². The van der Waals surface area contributed by atoms with Crippen LogP contribution < -0.4 is 31.8 Å². The van der Waals surface area contributed by atoms with Crippen molar-refractivity contribution in [3.05, 3.63) is 192 Å². The van der Waals surface area contributed by atoms with E-state index in [-0.39, 0.29) is 19.5 Å². The fourth-order valence-electron chi connectivity index (χ4n) is 6.67. The Balaban J connectivity index is 0.00000378. The molecule has 8 rings (SSSR count). The van der Waals surface area contributed by atoms with Gasteiger partial charge in [-0.25, -0.2) is 0 Å². The van der Waals surface area contributed by atoms with Crippen LogP contribution in [0.25, 0.3) is 32.7 Å². The Hall–Kier alpha value is -3.66.